The van der Waals surface area contributed by atoms with Crippen molar-refractivity contribution in [3.8, 4) is 0 Å². The van der Waals surface area contributed by atoms with Crippen LogP contribution in [0, 0.1) is 3.70 Å². The number of carbonyl (C=O) groups is 1. The van der Waals surface area contributed by atoms with Gasteiger partial charge in [0.25, 0.3) is 0 Å². The maximum Gasteiger partial charge on any atom is 0.435 e. The van der Waals surface area contributed by atoms with Gasteiger partial charge in [-0.05, 0) is 67.5 Å². The van der Waals surface area contributed by atoms with Gasteiger partial charge in [-0.1, -0.05) is 13.0 Å². The quantitative estimate of drug-likeness (QED) is 0.712. The SMILES string of the molecule is CCc1ccc2c(c1)c(I)nn2C(=O)OC(C)(C)C. The van der Waals surface area contributed by atoms with E-state index in [-0.39, 0.29) is 0 Å². The van der Waals surface area contributed by atoms with Crippen LogP contribution in [-0.4, -0.2) is 21.5 Å². The summed E-state index contributed by atoms with van der Waals surface area (Å²) in [5.74, 6) is 0. The van der Waals surface area contributed by atoms with E-state index in [0.29, 0.717) is 0 Å². The van der Waals surface area contributed by atoms with Crippen LogP contribution in [0.1, 0.15) is 33.3 Å². The summed E-state index contributed by atoms with van der Waals surface area (Å²) in [6, 6.07) is 6.01. The molecule has 0 bridgehead atoms. The predicted octanol–water partition coefficient (Wildman–Crippen LogP) is 3.99. The Balaban J connectivity index is 2.48. The fraction of sp³-hybridized carbons (Fsp3) is 0.429. The fourth-order valence-corrected chi connectivity index (χ4v) is 2.44. The molecule has 0 radical (unpaired) electrons. The molecule has 1 aromatic heterocycles. The third kappa shape index (κ3) is 3.08. The minimum absolute atomic E-state index is 0.440. The van der Waals surface area contributed by atoms with Gasteiger partial charge in [0.1, 0.15) is 9.30 Å². The Labute approximate surface area is 126 Å². The maximum absolute atomic E-state index is 12.1. The monoisotopic (exact) mass is 372 g/mol. The first-order valence-corrected chi connectivity index (χ1v) is 7.30. The number of fused-ring (bicyclic) bond motifs is 1. The number of hydrogen-bond donors (Lipinski definition) is 0. The van der Waals surface area contributed by atoms with Crippen molar-refractivity contribution >= 4 is 39.6 Å². The number of halogens is 1. The lowest BCUT2D eigenvalue weighted by molar-refractivity contribution is 0.0522. The van der Waals surface area contributed by atoms with Crippen molar-refractivity contribution in [1.29, 1.82) is 0 Å². The molecule has 0 spiro atoms. The second kappa shape index (κ2) is 5.11. The third-order valence-corrected chi connectivity index (χ3v) is 3.47. The molecule has 0 atom stereocenters. The third-order valence-electron chi connectivity index (χ3n) is 2.67. The molecule has 1 heterocycles. The maximum atomic E-state index is 12.1. The molecule has 0 fully saturated rings. The van der Waals surface area contributed by atoms with Crippen molar-refractivity contribution < 1.29 is 9.53 Å². The number of aromatic nitrogens is 2. The van der Waals surface area contributed by atoms with Crippen molar-refractivity contribution in [2.24, 2.45) is 0 Å². The average Bonchev–Trinajstić information content (AvgIpc) is 2.64. The van der Waals surface area contributed by atoms with Gasteiger partial charge in [0, 0.05) is 5.39 Å². The molecule has 102 valence electrons. The Hall–Kier alpha value is -1.11. The Kier molecular flexibility index (Phi) is 3.85. The number of hydrogen-bond acceptors (Lipinski definition) is 3. The summed E-state index contributed by atoms with van der Waals surface area (Å²) in [5, 5.41) is 5.27. The lowest BCUT2D eigenvalue weighted by Gasteiger charge is -2.19. The number of benzene rings is 1. The first-order valence-electron chi connectivity index (χ1n) is 6.22. The highest BCUT2D eigenvalue weighted by molar-refractivity contribution is 14.1. The van der Waals surface area contributed by atoms with E-state index in [1.165, 1.54) is 10.2 Å². The Morgan fingerprint density at radius 1 is 1.42 bits per heavy atom. The first kappa shape index (κ1) is 14.3. The summed E-state index contributed by atoms with van der Waals surface area (Å²) in [6.45, 7) is 7.64. The van der Waals surface area contributed by atoms with Gasteiger partial charge >= 0.3 is 6.09 Å². The average molecular weight is 372 g/mol. The Morgan fingerprint density at radius 2 is 2.11 bits per heavy atom. The van der Waals surface area contributed by atoms with Crippen molar-refractivity contribution in [2.75, 3.05) is 0 Å². The van der Waals surface area contributed by atoms with E-state index in [4.69, 9.17) is 4.74 Å². The summed E-state index contributed by atoms with van der Waals surface area (Å²) in [7, 11) is 0. The number of aryl methyl sites for hydroxylation is 1. The molecule has 5 heteroatoms. The molecule has 0 aliphatic heterocycles. The molecular formula is C14H17IN2O2. The lowest BCUT2D eigenvalue weighted by Crippen LogP contribution is -2.27. The highest BCUT2D eigenvalue weighted by Crippen LogP contribution is 2.23. The van der Waals surface area contributed by atoms with Crippen molar-refractivity contribution in [1.82, 2.24) is 9.78 Å². The molecule has 0 amide bonds. The van der Waals surface area contributed by atoms with Crippen molar-refractivity contribution in [2.45, 2.75) is 39.7 Å². The zero-order chi connectivity index (χ0) is 14.2. The first-order chi connectivity index (χ1) is 8.81. The van der Waals surface area contributed by atoms with E-state index in [9.17, 15) is 4.79 Å². The van der Waals surface area contributed by atoms with E-state index < -0.39 is 11.7 Å². The number of nitrogens with zero attached hydrogens (tertiary/aromatic N) is 2. The second-order valence-electron chi connectivity index (χ2n) is 5.39. The molecule has 0 N–H and O–H groups in total. The number of ether oxygens (including phenoxy) is 1. The minimum Gasteiger partial charge on any atom is -0.442 e. The van der Waals surface area contributed by atoms with Crippen LogP contribution in [0.2, 0.25) is 0 Å². The van der Waals surface area contributed by atoms with Crippen LogP contribution in [0.5, 0.6) is 0 Å². The molecule has 0 aliphatic rings. The van der Waals surface area contributed by atoms with Gasteiger partial charge in [-0.15, -0.1) is 0 Å². The topological polar surface area (TPSA) is 44.1 Å². The molecule has 2 rings (SSSR count). The van der Waals surface area contributed by atoms with Crippen LogP contribution in [0.3, 0.4) is 0 Å². The van der Waals surface area contributed by atoms with E-state index in [2.05, 4.69) is 40.7 Å². The molecule has 4 nitrogen and oxygen atoms in total. The Morgan fingerprint density at radius 3 is 2.68 bits per heavy atom. The Bertz CT molecular complexity index is 626. The number of carbonyl (C=O) groups excluding carboxylic acids is 1. The predicted molar refractivity (Wildman–Crippen MR) is 83.5 cm³/mol. The van der Waals surface area contributed by atoms with Crippen molar-refractivity contribution in [3.05, 3.63) is 27.5 Å². The minimum atomic E-state index is -0.524. The number of rotatable bonds is 1. The van der Waals surface area contributed by atoms with E-state index in [1.807, 2.05) is 32.9 Å². The van der Waals surface area contributed by atoms with Gasteiger partial charge < -0.3 is 4.74 Å². The van der Waals surface area contributed by atoms with Crippen LogP contribution >= 0.6 is 22.6 Å². The zero-order valence-electron chi connectivity index (χ0n) is 11.5. The fourth-order valence-electron chi connectivity index (χ4n) is 1.79. The van der Waals surface area contributed by atoms with Gasteiger partial charge in [-0.3, -0.25) is 0 Å². The molecule has 0 unspecified atom stereocenters. The lowest BCUT2D eigenvalue weighted by atomic mass is 10.1. The van der Waals surface area contributed by atoms with E-state index in [0.717, 1.165) is 21.0 Å². The zero-order valence-corrected chi connectivity index (χ0v) is 13.7. The van der Waals surface area contributed by atoms with Crippen LogP contribution in [0.4, 0.5) is 4.79 Å². The van der Waals surface area contributed by atoms with E-state index >= 15 is 0 Å². The van der Waals surface area contributed by atoms with Crippen LogP contribution in [0.15, 0.2) is 18.2 Å². The van der Waals surface area contributed by atoms with Gasteiger partial charge in [-0.25, -0.2) is 4.79 Å². The van der Waals surface area contributed by atoms with Crippen LogP contribution in [-0.2, 0) is 11.2 Å². The molecular weight excluding hydrogens is 355 g/mol. The summed E-state index contributed by atoms with van der Waals surface area (Å²) in [6.07, 6.45) is 0.522. The highest BCUT2D eigenvalue weighted by atomic mass is 127. The standard InChI is InChI=1S/C14H17IN2O2/c1-5-9-6-7-11-10(8-9)12(15)16-17(11)13(18)19-14(2,3)4/h6-8H,5H2,1-4H3. The highest BCUT2D eigenvalue weighted by Gasteiger charge is 2.21. The summed E-state index contributed by atoms with van der Waals surface area (Å²) >= 11 is 2.14. The smallest absolute Gasteiger partial charge is 0.435 e. The second-order valence-corrected chi connectivity index (χ2v) is 6.41. The molecule has 2 aromatic rings. The molecule has 1 aromatic carbocycles. The van der Waals surface area contributed by atoms with Crippen LogP contribution < -0.4 is 0 Å². The van der Waals surface area contributed by atoms with Gasteiger partial charge in [0.05, 0.1) is 5.52 Å². The van der Waals surface area contributed by atoms with Crippen LogP contribution in [0.25, 0.3) is 10.9 Å². The van der Waals surface area contributed by atoms with Gasteiger partial charge in [0.15, 0.2) is 0 Å². The van der Waals surface area contributed by atoms with Gasteiger partial charge in [-0.2, -0.15) is 9.78 Å². The molecule has 0 saturated heterocycles. The molecule has 0 aliphatic carbocycles. The van der Waals surface area contributed by atoms with Crippen molar-refractivity contribution in [3.63, 3.8) is 0 Å². The molecule has 0 saturated carbocycles. The largest absolute Gasteiger partial charge is 0.442 e. The normalized spacial score (nSPS) is 11.8. The van der Waals surface area contributed by atoms with Gasteiger partial charge in [0.2, 0.25) is 0 Å². The summed E-state index contributed by atoms with van der Waals surface area (Å²) in [5.41, 5.74) is 1.49. The summed E-state index contributed by atoms with van der Waals surface area (Å²) in [4.78, 5) is 12.1. The molecule has 19 heavy (non-hydrogen) atoms. The van der Waals surface area contributed by atoms with E-state index in [1.54, 1.807) is 0 Å². The summed E-state index contributed by atoms with van der Waals surface area (Å²) < 4.78 is 7.51.